The minimum Gasteiger partial charge on any atom is -0.348 e. The highest BCUT2D eigenvalue weighted by Crippen LogP contribution is 2.21. The molecule has 0 bridgehead atoms. The number of hydrogen-bond donors (Lipinski definition) is 1. The van der Waals surface area contributed by atoms with Crippen molar-refractivity contribution >= 4 is 28.4 Å². The van der Waals surface area contributed by atoms with Crippen molar-refractivity contribution in [1.82, 2.24) is 14.5 Å². The number of aromatic nitrogens is 3. The molecule has 4 rings (SSSR count). The van der Waals surface area contributed by atoms with Crippen molar-refractivity contribution in [2.45, 2.75) is 32.0 Å². The van der Waals surface area contributed by atoms with Gasteiger partial charge in [0.05, 0.1) is 16.7 Å². The van der Waals surface area contributed by atoms with Crippen LogP contribution in [0.4, 0.5) is 4.39 Å². The Labute approximate surface area is 183 Å². The molecule has 0 aliphatic carbocycles. The Balaban J connectivity index is 1.46. The summed E-state index contributed by atoms with van der Waals surface area (Å²) < 4.78 is 15.2. The average Bonchev–Trinajstić information content (AvgIpc) is 3.05. The number of H-pyrrole nitrogens is 1. The summed E-state index contributed by atoms with van der Waals surface area (Å²) in [5, 5.41) is 0.963. The lowest BCUT2D eigenvalue weighted by molar-refractivity contribution is 0.102. The average molecular weight is 436 g/mol. The topological polar surface area (TPSA) is 67.8 Å². The summed E-state index contributed by atoms with van der Waals surface area (Å²) in [4.78, 5) is 32.3. The lowest BCUT2D eigenvalue weighted by atomic mass is 10.1. The number of rotatable bonds is 7. The van der Waals surface area contributed by atoms with Crippen LogP contribution in [0.1, 0.15) is 27.3 Å². The van der Waals surface area contributed by atoms with Gasteiger partial charge in [-0.05, 0) is 56.2 Å². The van der Waals surface area contributed by atoms with E-state index >= 15 is 0 Å². The van der Waals surface area contributed by atoms with E-state index in [1.165, 1.54) is 23.9 Å². The van der Waals surface area contributed by atoms with Gasteiger partial charge in [0.2, 0.25) is 0 Å². The predicted octanol–water partition coefficient (Wildman–Crippen LogP) is 4.70. The molecule has 0 spiro atoms. The fourth-order valence-corrected chi connectivity index (χ4v) is 4.42. The maximum atomic E-state index is 13.1. The van der Waals surface area contributed by atoms with Crippen molar-refractivity contribution in [1.29, 1.82) is 0 Å². The molecule has 1 N–H and O–H groups in total. The van der Waals surface area contributed by atoms with Gasteiger partial charge in [-0.2, -0.15) is 0 Å². The van der Waals surface area contributed by atoms with E-state index in [2.05, 4.69) is 14.5 Å². The smallest absolute Gasteiger partial charge is 0.259 e. The van der Waals surface area contributed by atoms with Gasteiger partial charge >= 0.3 is 0 Å². The number of nitrogens with one attached hydrogen (secondary N) is 1. The third-order valence-corrected chi connectivity index (χ3v) is 6.22. The zero-order valence-electron chi connectivity index (χ0n) is 17.3. The normalized spacial score (nSPS) is 11.2. The second-order valence-corrected chi connectivity index (χ2v) is 8.38. The molecule has 0 aliphatic heterocycles. The summed E-state index contributed by atoms with van der Waals surface area (Å²) in [6.07, 6.45) is 0.751. The number of aromatic amines is 1. The zero-order valence-corrected chi connectivity index (χ0v) is 18.1. The molecule has 2 aromatic heterocycles. The Morgan fingerprint density at radius 1 is 1.13 bits per heavy atom. The van der Waals surface area contributed by atoms with Crippen LogP contribution in [0.2, 0.25) is 0 Å². The van der Waals surface area contributed by atoms with Crippen molar-refractivity contribution in [3.05, 3.63) is 93.3 Å². The number of nitrogens with zero attached hydrogens (tertiary/aromatic N) is 2. The van der Waals surface area contributed by atoms with Gasteiger partial charge in [-0.15, -0.1) is 0 Å². The van der Waals surface area contributed by atoms with Gasteiger partial charge in [-0.25, -0.2) is 9.37 Å². The maximum Gasteiger partial charge on any atom is 0.259 e. The Kier molecular flexibility index (Phi) is 6.04. The second kappa shape index (κ2) is 8.89. The Morgan fingerprint density at radius 2 is 1.87 bits per heavy atom. The number of fused-ring (bicyclic) bond motifs is 1. The van der Waals surface area contributed by atoms with E-state index in [-0.39, 0.29) is 22.9 Å². The number of hydrogen-bond acceptors (Lipinski definition) is 4. The third-order valence-electron chi connectivity index (χ3n) is 5.34. The number of benzene rings is 2. The number of ketones is 1. The lowest BCUT2D eigenvalue weighted by Gasteiger charge is -2.10. The summed E-state index contributed by atoms with van der Waals surface area (Å²) in [6, 6.07) is 15.5. The van der Waals surface area contributed by atoms with Gasteiger partial charge in [0.1, 0.15) is 5.82 Å². The molecule has 0 unspecified atom stereocenters. The van der Waals surface area contributed by atoms with Crippen LogP contribution < -0.4 is 5.56 Å². The van der Waals surface area contributed by atoms with E-state index in [9.17, 15) is 14.0 Å². The summed E-state index contributed by atoms with van der Waals surface area (Å²) in [6.45, 7) is 4.62. The summed E-state index contributed by atoms with van der Waals surface area (Å²) >= 11 is 1.23. The SMILES string of the molecule is Cc1cc(C(=O)CSc2nc3ccccc3c(=O)[nH]2)c(C)n1CCc1ccc(F)cc1. The van der Waals surface area contributed by atoms with Crippen molar-refractivity contribution in [2.24, 2.45) is 0 Å². The molecule has 31 heavy (non-hydrogen) atoms. The first kappa shape index (κ1) is 21.1. The van der Waals surface area contributed by atoms with Crippen LogP contribution in [0.3, 0.4) is 0 Å². The standard InChI is InChI=1S/C24H22FN3O2S/c1-15-13-20(16(2)28(15)12-11-17-7-9-18(25)10-8-17)22(29)14-31-24-26-21-6-4-3-5-19(21)23(30)27-24/h3-10,13H,11-12,14H2,1-2H3,(H,26,27,30). The van der Waals surface area contributed by atoms with Gasteiger partial charge in [0.15, 0.2) is 10.9 Å². The van der Waals surface area contributed by atoms with Crippen molar-refractivity contribution in [3.8, 4) is 0 Å². The molecule has 0 fully saturated rings. The molecule has 2 aromatic carbocycles. The largest absolute Gasteiger partial charge is 0.348 e. The Bertz CT molecular complexity index is 1310. The first-order valence-corrected chi connectivity index (χ1v) is 11.0. The summed E-state index contributed by atoms with van der Waals surface area (Å²) in [5.74, 6) is -0.0737. The van der Waals surface area contributed by atoms with Crippen LogP contribution in [-0.2, 0) is 13.0 Å². The number of thioether (sulfide) groups is 1. The van der Waals surface area contributed by atoms with E-state index in [1.807, 2.05) is 26.0 Å². The molecular formula is C24H22FN3O2S. The number of carbonyl (C=O) groups excluding carboxylic acids is 1. The highest BCUT2D eigenvalue weighted by Gasteiger charge is 2.17. The fourth-order valence-electron chi connectivity index (χ4n) is 3.66. The molecule has 5 nitrogen and oxygen atoms in total. The van der Waals surface area contributed by atoms with Gasteiger partial charge in [0.25, 0.3) is 5.56 Å². The minimum atomic E-state index is -0.246. The van der Waals surface area contributed by atoms with Crippen molar-refractivity contribution < 1.29 is 9.18 Å². The number of para-hydroxylation sites is 1. The lowest BCUT2D eigenvalue weighted by Crippen LogP contribution is -2.11. The van der Waals surface area contributed by atoms with Gasteiger partial charge in [0, 0.05) is 23.5 Å². The number of aryl methyl sites for hydroxylation is 2. The van der Waals surface area contributed by atoms with Crippen LogP contribution in [0.5, 0.6) is 0 Å². The highest BCUT2D eigenvalue weighted by molar-refractivity contribution is 7.99. The molecule has 0 saturated carbocycles. The third kappa shape index (κ3) is 4.61. The van der Waals surface area contributed by atoms with Gasteiger partial charge < -0.3 is 9.55 Å². The van der Waals surface area contributed by atoms with Crippen molar-refractivity contribution in [2.75, 3.05) is 5.75 Å². The Morgan fingerprint density at radius 3 is 2.65 bits per heavy atom. The van der Waals surface area contributed by atoms with Gasteiger partial charge in [-0.1, -0.05) is 36.0 Å². The summed E-state index contributed by atoms with van der Waals surface area (Å²) in [7, 11) is 0. The van der Waals surface area contributed by atoms with Crippen LogP contribution in [0.25, 0.3) is 10.9 Å². The highest BCUT2D eigenvalue weighted by atomic mass is 32.2. The number of carbonyl (C=O) groups is 1. The van der Waals surface area contributed by atoms with Crippen LogP contribution in [0.15, 0.2) is 64.5 Å². The van der Waals surface area contributed by atoms with E-state index in [1.54, 1.807) is 30.3 Å². The monoisotopic (exact) mass is 435 g/mol. The summed E-state index contributed by atoms with van der Waals surface area (Å²) in [5.41, 5.74) is 4.03. The number of Topliss-reactive ketones (excluding diaryl/α,β-unsaturated/α-hetero) is 1. The Hall–Kier alpha value is -3.19. The first-order chi connectivity index (χ1) is 14.9. The second-order valence-electron chi connectivity index (χ2n) is 7.41. The molecule has 158 valence electrons. The molecular weight excluding hydrogens is 413 g/mol. The van der Waals surface area contributed by atoms with Crippen LogP contribution >= 0.6 is 11.8 Å². The van der Waals surface area contributed by atoms with E-state index in [0.717, 1.165) is 23.4 Å². The molecule has 0 atom stereocenters. The minimum absolute atomic E-state index is 0.0121. The first-order valence-electron chi connectivity index (χ1n) is 9.98. The van der Waals surface area contributed by atoms with E-state index in [0.29, 0.717) is 28.2 Å². The van der Waals surface area contributed by atoms with Crippen LogP contribution in [-0.4, -0.2) is 26.1 Å². The van der Waals surface area contributed by atoms with Crippen molar-refractivity contribution in [3.63, 3.8) is 0 Å². The van der Waals surface area contributed by atoms with Gasteiger partial charge in [-0.3, -0.25) is 9.59 Å². The molecule has 7 heteroatoms. The fraction of sp³-hybridized carbons (Fsp3) is 0.208. The maximum absolute atomic E-state index is 13.1. The molecule has 0 saturated heterocycles. The van der Waals surface area contributed by atoms with Crippen LogP contribution in [0, 0.1) is 19.7 Å². The predicted molar refractivity (Wildman–Crippen MR) is 121 cm³/mol. The molecule has 4 aromatic rings. The zero-order chi connectivity index (χ0) is 22.0. The molecule has 0 radical (unpaired) electrons. The number of halogens is 1. The molecule has 2 heterocycles. The van der Waals surface area contributed by atoms with E-state index in [4.69, 9.17) is 0 Å². The molecule has 0 aliphatic rings. The quantitative estimate of drug-likeness (QED) is 0.260. The van der Waals surface area contributed by atoms with E-state index < -0.39 is 0 Å². The molecule has 0 amide bonds.